The average Bonchev–Trinajstić information content (AvgIpc) is 2.55. The fourth-order valence-corrected chi connectivity index (χ4v) is 2.65. The van der Waals surface area contributed by atoms with E-state index < -0.39 is 0 Å². The molecule has 2 rings (SSSR count). The molecule has 2 aromatic rings. The minimum Gasteiger partial charge on any atom is -0.497 e. The fourth-order valence-electron chi connectivity index (χ4n) is 2.44. The van der Waals surface area contributed by atoms with Crippen LogP contribution in [0.5, 0.6) is 5.75 Å². The minimum atomic E-state index is 0.0213. The molecule has 0 saturated carbocycles. The predicted molar refractivity (Wildman–Crippen MR) is 97.5 cm³/mol. The maximum absolute atomic E-state index is 12.0. The molecule has 5 heteroatoms. The van der Waals surface area contributed by atoms with E-state index in [1.807, 2.05) is 60.5 Å². The predicted octanol–water partition coefficient (Wildman–Crippen LogP) is 3.14. The molecule has 0 aliphatic heterocycles. The Kier molecular flexibility index (Phi) is 7.09. The van der Waals surface area contributed by atoms with Crippen molar-refractivity contribution in [1.82, 2.24) is 10.2 Å². The SMILES string of the molecule is COc1ccc(CN(C)CC(=O)NCCc2cccc(Cl)c2)cc1. The third kappa shape index (κ3) is 6.22. The van der Waals surface area contributed by atoms with Crippen LogP contribution in [0, 0.1) is 0 Å². The van der Waals surface area contributed by atoms with Crippen molar-refractivity contribution in [3.63, 3.8) is 0 Å². The molecule has 0 aliphatic rings. The summed E-state index contributed by atoms with van der Waals surface area (Å²) in [6.07, 6.45) is 0.772. The third-order valence-corrected chi connectivity index (χ3v) is 3.89. The van der Waals surface area contributed by atoms with Crippen LogP contribution in [0.15, 0.2) is 48.5 Å². The number of rotatable bonds is 8. The van der Waals surface area contributed by atoms with Crippen LogP contribution in [0.1, 0.15) is 11.1 Å². The van der Waals surface area contributed by atoms with Gasteiger partial charge < -0.3 is 10.1 Å². The van der Waals surface area contributed by atoms with Crippen molar-refractivity contribution in [2.24, 2.45) is 0 Å². The number of carbonyl (C=O) groups is 1. The number of methoxy groups -OCH3 is 1. The Labute approximate surface area is 148 Å². The number of amides is 1. The summed E-state index contributed by atoms with van der Waals surface area (Å²) in [4.78, 5) is 14.0. The maximum atomic E-state index is 12.0. The van der Waals surface area contributed by atoms with Gasteiger partial charge in [-0.2, -0.15) is 0 Å². The molecule has 24 heavy (non-hydrogen) atoms. The van der Waals surface area contributed by atoms with Crippen LogP contribution in [0.2, 0.25) is 5.02 Å². The van der Waals surface area contributed by atoms with Gasteiger partial charge in [0.05, 0.1) is 13.7 Å². The zero-order valence-electron chi connectivity index (χ0n) is 14.1. The Morgan fingerprint density at radius 2 is 1.92 bits per heavy atom. The van der Waals surface area contributed by atoms with Crippen molar-refractivity contribution in [1.29, 1.82) is 0 Å². The number of halogens is 1. The summed E-state index contributed by atoms with van der Waals surface area (Å²) in [6, 6.07) is 15.6. The van der Waals surface area contributed by atoms with Crippen LogP contribution in [0.25, 0.3) is 0 Å². The summed E-state index contributed by atoms with van der Waals surface area (Å²) < 4.78 is 5.14. The zero-order valence-corrected chi connectivity index (χ0v) is 14.8. The number of likely N-dealkylation sites (N-methyl/N-ethyl adjacent to an activating group) is 1. The first-order chi connectivity index (χ1) is 11.6. The van der Waals surface area contributed by atoms with Crippen molar-refractivity contribution in [2.75, 3.05) is 27.2 Å². The maximum Gasteiger partial charge on any atom is 0.234 e. The molecule has 4 nitrogen and oxygen atoms in total. The van der Waals surface area contributed by atoms with Crippen LogP contribution in [-0.4, -0.2) is 38.1 Å². The Hall–Kier alpha value is -2.04. The van der Waals surface area contributed by atoms with E-state index in [2.05, 4.69) is 5.32 Å². The molecule has 0 spiro atoms. The topological polar surface area (TPSA) is 41.6 Å². The molecule has 0 aromatic heterocycles. The van der Waals surface area contributed by atoms with Gasteiger partial charge in [0.2, 0.25) is 5.91 Å². The number of hydrogen-bond acceptors (Lipinski definition) is 3. The molecular weight excluding hydrogens is 324 g/mol. The summed E-state index contributed by atoms with van der Waals surface area (Å²) >= 11 is 5.95. The first kappa shape index (κ1) is 18.3. The highest BCUT2D eigenvalue weighted by atomic mass is 35.5. The minimum absolute atomic E-state index is 0.0213. The number of nitrogens with one attached hydrogen (secondary N) is 1. The molecule has 0 atom stereocenters. The average molecular weight is 347 g/mol. The second-order valence-electron chi connectivity index (χ2n) is 5.75. The first-order valence-electron chi connectivity index (χ1n) is 7.89. The number of hydrogen-bond donors (Lipinski definition) is 1. The van der Waals surface area contributed by atoms with Crippen molar-refractivity contribution in [3.8, 4) is 5.75 Å². The van der Waals surface area contributed by atoms with Crippen LogP contribution in [0.4, 0.5) is 0 Å². The van der Waals surface area contributed by atoms with E-state index in [0.29, 0.717) is 19.6 Å². The highest BCUT2D eigenvalue weighted by molar-refractivity contribution is 6.30. The second-order valence-corrected chi connectivity index (χ2v) is 6.19. The van der Waals surface area contributed by atoms with E-state index >= 15 is 0 Å². The molecule has 0 saturated heterocycles. The molecule has 0 aliphatic carbocycles. The van der Waals surface area contributed by atoms with Gasteiger partial charge in [-0.1, -0.05) is 35.9 Å². The smallest absolute Gasteiger partial charge is 0.234 e. The largest absolute Gasteiger partial charge is 0.497 e. The van der Waals surface area contributed by atoms with E-state index in [1.165, 1.54) is 0 Å². The zero-order chi connectivity index (χ0) is 17.4. The number of benzene rings is 2. The van der Waals surface area contributed by atoms with Crippen molar-refractivity contribution in [2.45, 2.75) is 13.0 Å². The first-order valence-corrected chi connectivity index (χ1v) is 8.27. The monoisotopic (exact) mass is 346 g/mol. The normalized spacial score (nSPS) is 10.7. The van der Waals surface area contributed by atoms with E-state index in [0.717, 1.165) is 28.3 Å². The van der Waals surface area contributed by atoms with Gasteiger partial charge in [0.25, 0.3) is 0 Å². The lowest BCUT2D eigenvalue weighted by Crippen LogP contribution is -2.35. The highest BCUT2D eigenvalue weighted by Crippen LogP contribution is 2.12. The van der Waals surface area contributed by atoms with Crippen molar-refractivity contribution in [3.05, 3.63) is 64.7 Å². The lowest BCUT2D eigenvalue weighted by molar-refractivity contribution is -0.122. The Morgan fingerprint density at radius 3 is 2.58 bits per heavy atom. The summed E-state index contributed by atoms with van der Waals surface area (Å²) in [5, 5.41) is 3.66. The van der Waals surface area contributed by atoms with Crippen LogP contribution < -0.4 is 10.1 Å². The van der Waals surface area contributed by atoms with Crippen LogP contribution in [-0.2, 0) is 17.8 Å². The molecule has 2 aromatic carbocycles. The van der Waals surface area contributed by atoms with Gasteiger partial charge in [0.1, 0.15) is 5.75 Å². The summed E-state index contributed by atoms with van der Waals surface area (Å²) in [6.45, 7) is 1.68. The molecule has 0 heterocycles. The van der Waals surface area contributed by atoms with Crippen molar-refractivity contribution >= 4 is 17.5 Å². The fraction of sp³-hybridized carbons (Fsp3) is 0.316. The van der Waals surface area contributed by atoms with Gasteiger partial charge in [-0.15, -0.1) is 0 Å². The summed E-state index contributed by atoms with van der Waals surface area (Å²) in [7, 11) is 3.58. The van der Waals surface area contributed by atoms with Gasteiger partial charge in [-0.3, -0.25) is 9.69 Å². The van der Waals surface area contributed by atoms with Crippen molar-refractivity contribution < 1.29 is 9.53 Å². The summed E-state index contributed by atoms with van der Waals surface area (Å²) in [5.41, 5.74) is 2.26. The van der Waals surface area contributed by atoms with E-state index in [-0.39, 0.29) is 5.91 Å². The van der Waals surface area contributed by atoms with Gasteiger partial charge in [-0.25, -0.2) is 0 Å². The molecule has 128 valence electrons. The van der Waals surface area contributed by atoms with Gasteiger partial charge in [0.15, 0.2) is 0 Å². The van der Waals surface area contributed by atoms with E-state index in [1.54, 1.807) is 7.11 Å². The molecule has 0 radical (unpaired) electrons. The molecule has 1 amide bonds. The standard InChI is InChI=1S/C19H23ClN2O2/c1-22(13-16-6-8-18(24-2)9-7-16)14-19(23)21-11-10-15-4-3-5-17(20)12-15/h3-9,12H,10-11,13-14H2,1-2H3,(H,21,23). The van der Waals surface area contributed by atoms with Gasteiger partial charge in [-0.05, 0) is 48.9 Å². The molecule has 0 unspecified atom stereocenters. The van der Waals surface area contributed by atoms with Gasteiger partial charge >= 0.3 is 0 Å². The highest BCUT2D eigenvalue weighted by Gasteiger charge is 2.07. The van der Waals surface area contributed by atoms with Crippen LogP contribution in [0.3, 0.4) is 0 Å². The Balaban J connectivity index is 1.71. The molecular formula is C19H23ClN2O2. The van der Waals surface area contributed by atoms with Gasteiger partial charge in [0, 0.05) is 18.1 Å². The quantitative estimate of drug-likeness (QED) is 0.798. The van der Waals surface area contributed by atoms with E-state index in [4.69, 9.17) is 16.3 Å². The summed E-state index contributed by atoms with van der Waals surface area (Å²) in [5.74, 6) is 0.855. The lowest BCUT2D eigenvalue weighted by Gasteiger charge is -2.16. The van der Waals surface area contributed by atoms with Crippen LogP contribution >= 0.6 is 11.6 Å². The number of nitrogens with zero attached hydrogens (tertiary/aromatic N) is 1. The lowest BCUT2D eigenvalue weighted by atomic mass is 10.1. The molecule has 1 N–H and O–H groups in total. The number of carbonyl (C=O) groups excluding carboxylic acids is 1. The van der Waals surface area contributed by atoms with E-state index in [9.17, 15) is 4.79 Å². The second kappa shape index (κ2) is 9.30. The number of ether oxygens (including phenoxy) is 1. The molecule has 0 fully saturated rings. The molecule has 0 bridgehead atoms. The Morgan fingerprint density at radius 1 is 1.17 bits per heavy atom. The third-order valence-electron chi connectivity index (χ3n) is 3.65. The Bertz CT molecular complexity index is 659.